The van der Waals surface area contributed by atoms with Gasteiger partial charge in [0.25, 0.3) is 0 Å². The van der Waals surface area contributed by atoms with E-state index in [-0.39, 0.29) is 31.2 Å². The molecule has 3 fully saturated rings. The van der Waals surface area contributed by atoms with Crippen molar-refractivity contribution in [2.24, 2.45) is 0 Å². The summed E-state index contributed by atoms with van der Waals surface area (Å²) in [5.74, 6) is 1.12. The number of alkyl halides is 1. The summed E-state index contributed by atoms with van der Waals surface area (Å²) in [6.45, 7) is 0.880. The van der Waals surface area contributed by atoms with Crippen molar-refractivity contribution < 1.29 is 23.3 Å². The van der Waals surface area contributed by atoms with Crippen molar-refractivity contribution in [3.05, 3.63) is 42.7 Å². The Bertz CT molecular complexity index is 1200. The number of piperidine rings is 2. The summed E-state index contributed by atoms with van der Waals surface area (Å²) in [5, 5.41) is 16.8. The molecular formula is C28H34FN5O4. The number of ether oxygens (including phenoxy) is 4. The number of rotatable bonds is 8. The lowest BCUT2D eigenvalue weighted by molar-refractivity contribution is -0.0394. The highest BCUT2D eigenvalue weighted by atomic mass is 19.1. The summed E-state index contributed by atoms with van der Waals surface area (Å²) in [4.78, 5) is 0. The van der Waals surface area contributed by atoms with E-state index in [0.717, 1.165) is 55.4 Å². The minimum absolute atomic E-state index is 0.0120. The van der Waals surface area contributed by atoms with Gasteiger partial charge in [-0.15, -0.1) is 10.2 Å². The fourth-order valence-electron chi connectivity index (χ4n) is 5.77. The van der Waals surface area contributed by atoms with Gasteiger partial charge in [-0.3, -0.25) is 0 Å². The van der Waals surface area contributed by atoms with Crippen LogP contribution in [0.4, 0.5) is 4.39 Å². The molecule has 0 radical (unpaired) electrons. The highest BCUT2D eigenvalue weighted by molar-refractivity contribution is 5.74. The molecule has 0 aliphatic carbocycles. The molecule has 3 aliphatic heterocycles. The Labute approximate surface area is 221 Å². The van der Waals surface area contributed by atoms with Gasteiger partial charge in [-0.1, -0.05) is 6.07 Å². The van der Waals surface area contributed by atoms with E-state index >= 15 is 0 Å². The molecule has 3 unspecified atom stereocenters. The summed E-state index contributed by atoms with van der Waals surface area (Å²) in [5.41, 5.74) is 3.43. The number of fused-ring (bicyclic) bond motifs is 2. The maximum atomic E-state index is 13.8. The van der Waals surface area contributed by atoms with Crippen molar-refractivity contribution >= 4 is 0 Å². The Balaban J connectivity index is 1.18. The Kier molecular flexibility index (Phi) is 7.53. The number of benzene rings is 1. The van der Waals surface area contributed by atoms with Crippen LogP contribution in [0.15, 0.2) is 42.7 Å². The second-order valence-electron chi connectivity index (χ2n) is 10.4. The van der Waals surface area contributed by atoms with E-state index in [1.54, 1.807) is 7.11 Å². The van der Waals surface area contributed by atoms with Crippen LogP contribution < -0.4 is 14.8 Å². The smallest absolute Gasteiger partial charge is 0.233 e. The Hall–Kier alpha value is -3.08. The van der Waals surface area contributed by atoms with Crippen LogP contribution in [0.1, 0.15) is 51.2 Å². The maximum Gasteiger partial charge on any atom is 0.233 e. The SMILES string of the molecule is COCOc1cc(-c2cnn(C3CCCCO3)c2)ccc1-c1ccc(OC2C[C@H]3CC(F)C[C@@H](C2)N3)nn1. The molecule has 0 saturated carbocycles. The molecule has 9 nitrogen and oxygen atoms in total. The highest BCUT2D eigenvalue weighted by Crippen LogP contribution is 2.35. The molecule has 6 rings (SSSR count). The van der Waals surface area contributed by atoms with Gasteiger partial charge in [-0.05, 0) is 68.7 Å². The first kappa shape index (κ1) is 25.2. The quantitative estimate of drug-likeness (QED) is 0.425. The lowest BCUT2D eigenvalue weighted by Crippen LogP contribution is -2.54. The van der Waals surface area contributed by atoms with Crippen LogP contribution in [0.3, 0.4) is 0 Å². The Morgan fingerprint density at radius 3 is 2.66 bits per heavy atom. The van der Waals surface area contributed by atoms with Crippen LogP contribution in [0.5, 0.6) is 11.6 Å². The standard InChI is InChI=1S/C28H34FN5O4/c1-35-17-37-26-10-18(19-15-30-34(16-19)28-4-2-3-9-36-28)5-6-24(26)25-7-8-27(33-32-25)38-23-13-21-11-20(29)12-22(14-23)31-21/h5-8,10,15-16,20-23,28,31H,2-4,9,11-14,17H2,1H3/t20?,21-,22+,23?,28?. The van der Waals surface area contributed by atoms with E-state index in [4.69, 9.17) is 18.9 Å². The summed E-state index contributed by atoms with van der Waals surface area (Å²) in [7, 11) is 1.59. The van der Waals surface area contributed by atoms with Gasteiger partial charge in [0.05, 0.1) is 11.9 Å². The van der Waals surface area contributed by atoms with Crippen molar-refractivity contribution in [3.8, 4) is 34.0 Å². The fourth-order valence-corrected chi connectivity index (χ4v) is 5.77. The zero-order valence-electron chi connectivity index (χ0n) is 21.6. The van der Waals surface area contributed by atoms with Gasteiger partial charge in [-0.25, -0.2) is 9.07 Å². The third-order valence-electron chi connectivity index (χ3n) is 7.55. The van der Waals surface area contributed by atoms with E-state index in [1.165, 1.54) is 0 Å². The second-order valence-corrected chi connectivity index (χ2v) is 10.4. The van der Waals surface area contributed by atoms with Crippen molar-refractivity contribution in [2.75, 3.05) is 20.5 Å². The fraction of sp³-hybridized carbons (Fsp3) is 0.536. The molecule has 0 amide bonds. The lowest BCUT2D eigenvalue weighted by Gasteiger charge is -2.41. The monoisotopic (exact) mass is 523 g/mol. The minimum atomic E-state index is -0.714. The second kappa shape index (κ2) is 11.3. The lowest BCUT2D eigenvalue weighted by atomic mass is 9.84. The number of hydrogen-bond acceptors (Lipinski definition) is 8. The Morgan fingerprint density at radius 1 is 1.05 bits per heavy atom. The number of hydrogen-bond donors (Lipinski definition) is 1. The zero-order chi connectivity index (χ0) is 25.9. The van der Waals surface area contributed by atoms with Gasteiger partial charge in [0.2, 0.25) is 5.88 Å². The molecular weight excluding hydrogens is 489 g/mol. The van der Waals surface area contributed by atoms with Gasteiger partial charge in [-0.2, -0.15) is 5.10 Å². The van der Waals surface area contributed by atoms with Gasteiger partial charge in [0.15, 0.2) is 6.79 Å². The van der Waals surface area contributed by atoms with E-state index in [2.05, 4.69) is 20.6 Å². The van der Waals surface area contributed by atoms with Crippen LogP contribution in [0.2, 0.25) is 0 Å². The summed E-state index contributed by atoms with van der Waals surface area (Å²) in [6, 6.07) is 10.0. The molecule has 0 spiro atoms. The predicted octanol–water partition coefficient (Wildman–Crippen LogP) is 4.69. The van der Waals surface area contributed by atoms with E-state index in [1.807, 2.05) is 47.4 Å². The minimum Gasteiger partial charge on any atom is -0.473 e. The zero-order valence-corrected chi connectivity index (χ0v) is 21.6. The number of aromatic nitrogens is 4. The summed E-state index contributed by atoms with van der Waals surface area (Å²) >= 11 is 0. The van der Waals surface area contributed by atoms with Crippen molar-refractivity contribution in [1.82, 2.24) is 25.3 Å². The number of nitrogens with zero attached hydrogens (tertiary/aromatic N) is 4. The molecule has 1 N–H and O–H groups in total. The molecule has 2 bridgehead atoms. The molecule has 2 aromatic heterocycles. The van der Waals surface area contributed by atoms with Crippen LogP contribution in [-0.4, -0.2) is 64.8 Å². The normalized spacial score (nSPS) is 27.2. The van der Waals surface area contributed by atoms with Crippen LogP contribution >= 0.6 is 0 Å². The van der Waals surface area contributed by atoms with Crippen LogP contribution in [0, 0.1) is 0 Å². The molecule has 3 aliphatic rings. The van der Waals surface area contributed by atoms with E-state index in [9.17, 15) is 4.39 Å². The van der Waals surface area contributed by atoms with Gasteiger partial charge in [0.1, 0.15) is 24.3 Å². The molecule has 3 saturated heterocycles. The average Bonchev–Trinajstić information content (AvgIpc) is 3.43. The van der Waals surface area contributed by atoms with Crippen molar-refractivity contribution in [3.63, 3.8) is 0 Å². The third kappa shape index (κ3) is 5.67. The third-order valence-corrected chi connectivity index (χ3v) is 7.55. The number of nitrogens with one attached hydrogen (secondary N) is 1. The maximum absolute atomic E-state index is 13.8. The van der Waals surface area contributed by atoms with Crippen molar-refractivity contribution in [1.29, 1.82) is 0 Å². The first-order chi connectivity index (χ1) is 18.6. The molecule has 10 heteroatoms. The number of methoxy groups -OCH3 is 1. The van der Waals surface area contributed by atoms with Crippen molar-refractivity contribution in [2.45, 2.75) is 75.5 Å². The Morgan fingerprint density at radius 2 is 1.92 bits per heavy atom. The molecule has 38 heavy (non-hydrogen) atoms. The van der Waals surface area contributed by atoms with E-state index < -0.39 is 6.17 Å². The molecule has 5 atom stereocenters. The largest absolute Gasteiger partial charge is 0.473 e. The average molecular weight is 524 g/mol. The number of halogens is 1. The van der Waals surface area contributed by atoms with E-state index in [0.29, 0.717) is 30.2 Å². The summed E-state index contributed by atoms with van der Waals surface area (Å²) < 4.78 is 38.8. The first-order valence-electron chi connectivity index (χ1n) is 13.5. The molecule has 1 aromatic carbocycles. The van der Waals surface area contributed by atoms with Crippen LogP contribution in [0.25, 0.3) is 22.4 Å². The molecule has 5 heterocycles. The van der Waals surface area contributed by atoms with Gasteiger partial charge < -0.3 is 24.3 Å². The summed E-state index contributed by atoms with van der Waals surface area (Å²) in [6.07, 6.45) is 9.02. The van der Waals surface area contributed by atoms with Gasteiger partial charge >= 0.3 is 0 Å². The predicted molar refractivity (Wildman–Crippen MR) is 139 cm³/mol. The first-order valence-corrected chi connectivity index (χ1v) is 13.5. The van der Waals surface area contributed by atoms with Crippen LogP contribution in [-0.2, 0) is 9.47 Å². The molecule has 202 valence electrons. The molecule has 3 aromatic rings. The van der Waals surface area contributed by atoms with Gasteiger partial charge in [0, 0.05) is 49.2 Å². The highest BCUT2D eigenvalue weighted by Gasteiger charge is 2.36. The topological polar surface area (TPSA) is 92.6 Å².